The lowest BCUT2D eigenvalue weighted by Crippen LogP contribution is -2.28. The molecule has 0 heterocycles. The van der Waals surface area contributed by atoms with Gasteiger partial charge in [0.1, 0.15) is 0 Å². The van der Waals surface area contributed by atoms with E-state index in [1.54, 1.807) is 0 Å². The third kappa shape index (κ3) is 6.02. The van der Waals surface area contributed by atoms with Gasteiger partial charge in [0.15, 0.2) is 0 Å². The molecule has 0 aromatic heterocycles. The predicted octanol–water partition coefficient (Wildman–Crippen LogP) is 10.4. The van der Waals surface area contributed by atoms with Crippen LogP contribution in [0.1, 0.15) is 0 Å². The first-order valence-corrected chi connectivity index (χ1v) is 16.6. The third-order valence-corrected chi connectivity index (χ3v) is 10.3. The van der Waals surface area contributed by atoms with Gasteiger partial charge in [-0.3, -0.25) is 0 Å². The fourth-order valence-electron chi connectivity index (χ4n) is 5.83. The molecule has 2 nitrogen and oxygen atoms in total. The average Bonchev–Trinajstić information content (AvgIpc) is 3.12. The summed E-state index contributed by atoms with van der Waals surface area (Å²) in [4.78, 5) is 4.78. The summed E-state index contributed by atoms with van der Waals surface area (Å²) in [7, 11) is -0.997. The molecule has 0 saturated heterocycles. The molecule has 0 spiro atoms. The van der Waals surface area contributed by atoms with Crippen LogP contribution in [-0.2, 0) is 0 Å². The van der Waals surface area contributed by atoms with Crippen LogP contribution < -0.4 is 25.7 Å². The zero-order valence-electron chi connectivity index (χ0n) is 24.9. The van der Waals surface area contributed by atoms with Crippen molar-refractivity contribution >= 4 is 58.0 Å². The van der Waals surface area contributed by atoms with Crippen LogP contribution in [0, 0.1) is 0 Å². The molecule has 0 unspecified atom stereocenters. The van der Waals surface area contributed by atoms with Crippen LogP contribution in [0.25, 0.3) is 0 Å². The quantitative estimate of drug-likeness (QED) is 0.153. The van der Waals surface area contributed by atoms with Gasteiger partial charge in [-0.25, -0.2) is 0 Å². The average molecular weight is 597 g/mol. The monoisotopic (exact) mass is 596 g/mol. The first-order valence-electron chi connectivity index (χ1n) is 15.2. The lowest BCUT2D eigenvalue weighted by molar-refractivity contribution is 1.29. The van der Waals surface area contributed by atoms with Crippen LogP contribution >= 0.6 is 7.92 Å². The fourth-order valence-corrected chi connectivity index (χ4v) is 8.40. The summed E-state index contributed by atoms with van der Waals surface area (Å²) in [6, 6.07) is 71.6. The topological polar surface area (TPSA) is 6.48 Å². The van der Waals surface area contributed by atoms with Crippen LogP contribution in [0.2, 0.25) is 0 Å². The van der Waals surface area contributed by atoms with Crippen molar-refractivity contribution in [2.75, 3.05) is 9.80 Å². The van der Waals surface area contributed by atoms with Crippen molar-refractivity contribution in [3.63, 3.8) is 0 Å². The Hall–Kier alpha value is -5.43. The van der Waals surface area contributed by atoms with Gasteiger partial charge in [-0.05, 0) is 73.9 Å². The van der Waals surface area contributed by atoms with Gasteiger partial charge in [-0.1, -0.05) is 140 Å². The van der Waals surface area contributed by atoms with Gasteiger partial charge in [0, 0.05) is 33.4 Å². The molecule has 0 N–H and O–H groups in total. The molecule has 7 rings (SSSR count). The highest BCUT2D eigenvalue weighted by atomic mass is 31.1. The molecule has 0 aliphatic heterocycles. The second kappa shape index (κ2) is 13.5. The molecule has 45 heavy (non-hydrogen) atoms. The number of hydrogen-bond acceptors (Lipinski definition) is 2. The number of nitrogens with zero attached hydrogens (tertiary/aromatic N) is 2. The predicted molar refractivity (Wildman–Crippen MR) is 195 cm³/mol. The number of para-hydroxylation sites is 6. The van der Waals surface area contributed by atoms with Crippen LogP contribution in [0.5, 0.6) is 0 Å². The molecule has 0 fully saturated rings. The Bertz CT molecular complexity index is 1740. The minimum absolute atomic E-state index is 0.997. The van der Waals surface area contributed by atoms with Crippen LogP contribution in [0.15, 0.2) is 200 Å². The lowest BCUT2D eigenvalue weighted by atomic mass is 10.2. The first-order chi connectivity index (χ1) is 22.4. The Morgan fingerprint density at radius 1 is 0.267 bits per heavy atom. The number of benzene rings is 7. The summed E-state index contributed by atoms with van der Waals surface area (Å²) in [5.41, 5.74) is 6.85. The Balaban J connectivity index is 1.49. The number of rotatable bonds is 9. The Kier molecular flexibility index (Phi) is 8.49. The second-order valence-electron chi connectivity index (χ2n) is 10.7. The van der Waals surface area contributed by atoms with Crippen molar-refractivity contribution < 1.29 is 0 Å². The number of anilines is 6. The molecule has 7 aromatic rings. The van der Waals surface area contributed by atoms with E-state index in [-0.39, 0.29) is 0 Å². The molecule has 0 atom stereocenters. The maximum absolute atomic E-state index is 2.39. The Labute approximate surface area is 267 Å². The van der Waals surface area contributed by atoms with Gasteiger partial charge >= 0.3 is 0 Å². The van der Waals surface area contributed by atoms with E-state index in [1.807, 2.05) is 0 Å². The highest BCUT2D eigenvalue weighted by Gasteiger charge is 2.27. The molecule has 0 saturated carbocycles. The zero-order valence-corrected chi connectivity index (χ0v) is 25.8. The molecular formula is C42H33N2P. The van der Waals surface area contributed by atoms with Crippen molar-refractivity contribution in [1.82, 2.24) is 0 Å². The maximum Gasteiger partial charge on any atom is 0.0545 e. The minimum atomic E-state index is -0.997. The SMILES string of the molecule is c1ccc(N(c2ccccc2)c2ccccc2P(c2ccccc2)c2ccccc2N(c2ccccc2)c2ccccc2)cc1. The summed E-state index contributed by atoms with van der Waals surface area (Å²) < 4.78 is 0. The molecule has 3 heteroatoms. The molecule has 0 aliphatic carbocycles. The summed E-state index contributed by atoms with van der Waals surface area (Å²) in [6.07, 6.45) is 0. The maximum atomic E-state index is 2.39. The summed E-state index contributed by atoms with van der Waals surface area (Å²) >= 11 is 0. The van der Waals surface area contributed by atoms with Gasteiger partial charge in [-0.15, -0.1) is 0 Å². The fraction of sp³-hybridized carbons (Fsp3) is 0. The van der Waals surface area contributed by atoms with E-state index >= 15 is 0 Å². The van der Waals surface area contributed by atoms with Crippen LogP contribution in [0.3, 0.4) is 0 Å². The third-order valence-electron chi connectivity index (χ3n) is 7.80. The van der Waals surface area contributed by atoms with Gasteiger partial charge in [0.25, 0.3) is 0 Å². The van der Waals surface area contributed by atoms with Crippen LogP contribution in [-0.4, -0.2) is 0 Å². The zero-order chi connectivity index (χ0) is 30.3. The smallest absolute Gasteiger partial charge is 0.0545 e. The highest BCUT2D eigenvalue weighted by molar-refractivity contribution is 7.80. The molecule has 216 valence electrons. The van der Waals surface area contributed by atoms with Gasteiger partial charge < -0.3 is 9.80 Å². The summed E-state index contributed by atoms with van der Waals surface area (Å²) in [5.74, 6) is 0. The van der Waals surface area contributed by atoms with Crippen molar-refractivity contribution in [3.8, 4) is 0 Å². The largest absolute Gasteiger partial charge is 0.310 e. The highest BCUT2D eigenvalue weighted by Crippen LogP contribution is 2.45. The van der Waals surface area contributed by atoms with E-state index in [0.717, 1.165) is 22.7 Å². The Morgan fingerprint density at radius 3 is 0.867 bits per heavy atom. The molecule has 7 aromatic carbocycles. The van der Waals surface area contributed by atoms with Crippen molar-refractivity contribution in [1.29, 1.82) is 0 Å². The van der Waals surface area contributed by atoms with Crippen LogP contribution in [0.4, 0.5) is 34.1 Å². The van der Waals surface area contributed by atoms with Crippen molar-refractivity contribution in [2.24, 2.45) is 0 Å². The summed E-state index contributed by atoms with van der Waals surface area (Å²) in [5, 5.41) is 3.88. The Morgan fingerprint density at radius 2 is 0.533 bits per heavy atom. The number of hydrogen-bond donors (Lipinski definition) is 0. The molecule has 0 radical (unpaired) electrons. The van der Waals surface area contributed by atoms with Gasteiger partial charge in [0.05, 0.1) is 11.4 Å². The summed E-state index contributed by atoms with van der Waals surface area (Å²) in [6.45, 7) is 0. The minimum Gasteiger partial charge on any atom is -0.310 e. The second-order valence-corrected chi connectivity index (χ2v) is 12.8. The van der Waals surface area contributed by atoms with E-state index in [1.165, 1.54) is 27.3 Å². The molecule has 0 amide bonds. The normalized spacial score (nSPS) is 10.9. The van der Waals surface area contributed by atoms with Gasteiger partial charge in [-0.2, -0.15) is 0 Å². The van der Waals surface area contributed by atoms with Crippen molar-refractivity contribution in [3.05, 3.63) is 200 Å². The van der Waals surface area contributed by atoms with E-state index in [2.05, 4.69) is 210 Å². The van der Waals surface area contributed by atoms with E-state index in [9.17, 15) is 0 Å². The molecule has 0 bridgehead atoms. The van der Waals surface area contributed by atoms with E-state index < -0.39 is 7.92 Å². The van der Waals surface area contributed by atoms with Crippen molar-refractivity contribution in [2.45, 2.75) is 0 Å². The van der Waals surface area contributed by atoms with E-state index in [4.69, 9.17) is 0 Å². The van der Waals surface area contributed by atoms with E-state index in [0.29, 0.717) is 0 Å². The first kappa shape index (κ1) is 28.3. The molecular weight excluding hydrogens is 563 g/mol. The molecule has 0 aliphatic rings. The lowest BCUT2D eigenvalue weighted by Gasteiger charge is -2.33. The van der Waals surface area contributed by atoms with Gasteiger partial charge in [0.2, 0.25) is 0 Å². The standard InChI is InChI=1S/C42H33N2P/c1-6-20-34(21-7-1)43(35-22-8-2-9-23-35)39-30-16-18-32-41(39)45(38-28-14-5-15-29-38)42-33-19-17-31-40(42)44(36-24-10-3-11-25-36)37-26-12-4-13-27-37/h1-33H.